The van der Waals surface area contributed by atoms with Gasteiger partial charge >= 0.3 is 0 Å². The molecule has 0 aliphatic heterocycles. The van der Waals surface area contributed by atoms with Gasteiger partial charge in [0.1, 0.15) is 11.5 Å². The van der Waals surface area contributed by atoms with Crippen LogP contribution in [0.4, 0.5) is 0 Å². The molecular formula is C17H20BrNO. The highest BCUT2D eigenvalue weighted by Gasteiger charge is 2.09. The molecule has 2 nitrogen and oxygen atoms in total. The minimum absolute atomic E-state index is 0.00127. The average molecular weight is 334 g/mol. The van der Waals surface area contributed by atoms with Crippen LogP contribution in [-0.4, -0.2) is 0 Å². The lowest BCUT2D eigenvalue weighted by molar-refractivity contribution is 0.477. The fourth-order valence-electron chi connectivity index (χ4n) is 2.17. The summed E-state index contributed by atoms with van der Waals surface area (Å²) in [6.45, 7) is 8.23. The summed E-state index contributed by atoms with van der Waals surface area (Å²) < 4.78 is 6.99. The van der Waals surface area contributed by atoms with Gasteiger partial charge in [-0.2, -0.15) is 0 Å². The van der Waals surface area contributed by atoms with Crippen LogP contribution in [0.1, 0.15) is 35.2 Å². The smallest absolute Gasteiger partial charge is 0.130 e. The second kappa shape index (κ2) is 5.98. The Balaban J connectivity index is 2.33. The van der Waals surface area contributed by atoms with Gasteiger partial charge in [-0.1, -0.05) is 28.1 Å². The van der Waals surface area contributed by atoms with E-state index < -0.39 is 0 Å². The molecule has 2 aromatic carbocycles. The molecular weight excluding hydrogens is 314 g/mol. The van der Waals surface area contributed by atoms with E-state index in [4.69, 9.17) is 10.5 Å². The van der Waals surface area contributed by atoms with Crippen molar-refractivity contribution in [2.45, 2.75) is 33.7 Å². The van der Waals surface area contributed by atoms with Crippen LogP contribution < -0.4 is 10.5 Å². The van der Waals surface area contributed by atoms with Crippen molar-refractivity contribution in [2.75, 3.05) is 0 Å². The maximum atomic E-state index is 6.02. The van der Waals surface area contributed by atoms with Gasteiger partial charge in [0.15, 0.2) is 0 Å². The van der Waals surface area contributed by atoms with Crippen molar-refractivity contribution in [3.05, 3.63) is 57.1 Å². The van der Waals surface area contributed by atoms with Crippen molar-refractivity contribution >= 4 is 15.9 Å². The molecule has 0 bridgehead atoms. The summed E-state index contributed by atoms with van der Waals surface area (Å²) in [6.07, 6.45) is 0. The lowest BCUT2D eigenvalue weighted by Gasteiger charge is -2.14. The minimum Gasteiger partial charge on any atom is -0.457 e. The van der Waals surface area contributed by atoms with Crippen molar-refractivity contribution in [2.24, 2.45) is 5.73 Å². The zero-order chi connectivity index (χ0) is 14.9. The molecule has 0 fully saturated rings. The third kappa shape index (κ3) is 3.22. The van der Waals surface area contributed by atoms with E-state index in [1.165, 1.54) is 16.7 Å². The summed E-state index contributed by atoms with van der Waals surface area (Å²) in [6, 6.07) is 10.2. The first-order valence-corrected chi connectivity index (χ1v) is 7.48. The molecule has 0 saturated carbocycles. The number of ether oxygens (including phenoxy) is 1. The second-order valence-corrected chi connectivity index (χ2v) is 6.13. The molecule has 2 aromatic rings. The molecule has 0 unspecified atom stereocenters. The molecule has 1 atom stereocenters. The van der Waals surface area contributed by atoms with Crippen LogP contribution in [0, 0.1) is 20.8 Å². The highest BCUT2D eigenvalue weighted by Crippen LogP contribution is 2.32. The van der Waals surface area contributed by atoms with Crippen LogP contribution in [-0.2, 0) is 0 Å². The Morgan fingerprint density at radius 1 is 1.10 bits per heavy atom. The van der Waals surface area contributed by atoms with Crippen LogP contribution in [0.15, 0.2) is 34.8 Å². The van der Waals surface area contributed by atoms with E-state index in [1.807, 2.05) is 25.1 Å². The van der Waals surface area contributed by atoms with Gasteiger partial charge in [0, 0.05) is 10.5 Å². The number of hydrogen-bond donors (Lipinski definition) is 1. The fraction of sp³-hybridized carbons (Fsp3) is 0.294. The molecule has 106 valence electrons. The summed E-state index contributed by atoms with van der Waals surface area (Å²) in [5, 5.41) is 0. The molecule has 2 rings (SSSR count). The minimum atomic E-state index is 0.00127. The molecule has 2 N–H and O–H groups in total. The van der Waals surface area contributed by atoms with Crippen LogP contribution >= 0.6 is 15.9 Å². The van der Waals surface area contributed by atoms with Crippen LogP contribution in [0.5, 0.6) is 11.5 Å². The lowest BCUT2D eigenvalue weighted by atomic mass is 10.1. The Morgan fingerprint density at radius 2 is 1.80 bits per heavy atom. The quantitative estimate of drug-likeness (QED) is 0.839. The van der Waals surface area contributed by atoms with Crippen molar-refractivity contribution in [3.8, 4) is 11.5 Å². The SMILES string of the molecule is Cc1cc(C)c(C)c(Oc2ccc([C@@H](C)N)c(Br)c2)c1. The maximum Gasteiger partial charge on any atom is 0.130 e. The molecule has 0 aliphatic rings. The van der Waals surface area contributed by atoms with Gasteiger partial charge in [-0.25, -0.2) is 0 Å². The predicted octanol–water partition coefficient (Wildman–Crippen LogP) is 5.19. The third-order valence-corrected chi connectivity index (χ3v) is 4.14. The second-order valence-electron chi connectivity index (χ2n) is 5.28. The Kier molecular flexibility index (Phi) is 4.51. The molecule has 0 aliphatic carbocycles. The molecule has 0 radical (unpaired) electrons. The van der Waals surface area contributed by atoms with E-state index in [1.54, 1.807) is 0 Å². The summed E-state index contributed by atoms with van der Waals surface area (Å²) in [4.78, 5) is 0. The molecule has 0 aromatic heterocycles. The Bertz CT molecular complexity index is 635. The molecule has 3 heteroatoms. The van der Waals surface area contributed by atoms with Crippen LogP contribution in [0.25, 0.3) is 0 Å². The zero-order valence-electron chi connectivity index (χ0n) is 12.3. The van der Waals surface area contributed by atoms with Gasteiger partial charge in [-0.3, -0.25) is 0 Å². The number of hydrogen-bond acceptors (Lipinski definition) is 2. The van der Waals surface area contributed by atoms with Gasteiger partial charge in [-0.05, 0) is 68.1 Å². The number of halogens is 1. The number of rotatable bonds is 3. The van der Waals surface area contributed by atoms with E-state index >= 15 is 0 Å². The maximum absolute atomic E-state index is 6.02. The van der Waals surface area contributed by atoms with Crippen LogP contribution in [0.2, 0.25) is 0 Å². The van der Waals surface area contributed by atoms with E-state index in [9.17, 15) is 0 Å². The van der Waals surface area contributed by atoms with Gasteiger partial charge in [0.05, 0.1) is 0 Å². The molecule has 0 amide bonds. The monoisotopic (exact) mass is 333 g/mol. The van der Waals surface area contributed by atoms with Crippen molar-refractivity contribution < 1.29 is 4.74 Å². The largest absolute Gasteiger partial charge is 0.457 e. The normalized spacial score (nSPS) is 12.3. The number of benzene rings is 2. The van der Waals surface area contributed by atoms with Crippen LogP contribution in [0.3, 0.4) is 0 Å². The third-order valence-electron chi connectivity index (χ3n) is 3.45. The van der Waals surface area contributed by atoms with E-state index in [-0.39, 0.29) is 6.04 Å². The van der Waals surface area contributed by atoms with Crippen molar-refractivity contribution in [1.82, 2.24) is 0 Å². The average Bonchev–Trinajstić information content (AvgIpc) is 2.35. The highest BCUT2D eigenvalue weighted by molar-refractivity contribution is 9.10. The topological polar surface area (TPSA) is 35.2 Å². The molecule has 20 heavy (non-hydrogen) atoms. The molecule has 0 heterocycles. The first-order chi connectivity index (χ1) is 9.38. The highest BCUT2D eigenvalue weighted by atomic mass is 79.9. The summed E-state index contributed by atoms with van der Waals surface area (Å²) in [7, 11) is 0. The standard InChI is InChI=1S/C17H20BrNO/c1-10-7-11(2)12(3)17(8-10)20-14-5-6-15(13(4)19)16(18)9-14/h5-9,13H,19H2,1-4H3/t13-/m1/s1. The first kappa shape index (κ1) is 15.1. The molecule has 0 saturated heterocycles. The van der Waals surface area contributed by atoms with Crippen molar-refractivity contribution in [3.63, 3.8) is 0 Å². The first-order valence-electron chi connectivity index (χ1n) is 6.69. The Hall–Kier alpha value is -1.32. The summed E-state index contributed by atoms with van der Waals surface area (Å²) in [5.41, 5.74) is 10.6. The predicted molar refractivity (Wildman–Crippen MR) is 87.5 cm³/mol. The fourth-order valence-corrected chi connectivity index (χ4v) is 2.89. The zero-order valence-corrected chi connectivity index (χ0v) is 13.9. The van der Waals surface area contributed by atoms with Crippen molar-refractivity contribution in [1.29, 1.82) is 0 Å². The Morgan fingerprint density at radius 3 is 2.40 bits per heavy atom. The van der Waals surface area contributed by atoms with Gasteiger partial charge in [0.2, 0.25) is 0 Å². The molecule has 0 spiro atoms. The summed E-state index contributed by atoms with van der Waals surface area (Å²) >= 11 is 3.55. The lowest BCUT2D eigenvalue weighted by Crippen LogP contribution is -2.05. The Labute approximate surface area is 129 Å². The van der Waals surface area contributed by atoms with E-state index in [2.05, 4.69) is 48.8 Å². The summed E-state index contributed by atoms with van der Waals surface area (Å²) in [5.74, 6) is 1.72. The van der Waals surface area contributed by atoms with Gasteiger partial charge in [-0.15, -0.1) is 0 Å². The van der Waals surface area contributed by atoms with Gasteiger partial charge < -0.3 is 10.5 Å². The van der Waals surface area contributed by atoms with E-state index in [0.29, 0.717) is 0 Å². The van der Waals surface area contributed by atoms with Gasteiger partial charge in [0.25, 0.3) is 0 Å². The van der Waals surface area contributed by atoms with E-state index in [0.717, 1.165) is 21.5 Å². The number of nitrogens with two attached hydrogens (primary N) is 1. The number of aryl methyl sites for hydroxylation is 2.